The van der Waals surface area contributed by atoms with E-state index in [9.17, 15) is 21.6 Å². The quantitative estimate of drug-likeness (QED) is 0.562. The minimum Gasteiger partial charge on any atom is -0.322 e. The lowest BCUT2D eigenvalue weighted by Gasteiger charge is -2.09. The van der Waals surface area contributed by atoms with Crippen molar-refractivity contribution >= 4 is 48.7 Å². The van der Waals surface area contributed by atoms with Gasteiger partial charge in [0.05, 0.1) is 28.6 Å². The van der Waals surface area contributed by atoms with Crippen LogP contribution in [0.3, 0.4) is 0 Å². The van der Waals surface area contributed by atoms with Crippen molar-refractivity contribution in [2.75, 3.05) is 22.6 Å². The van der Waals surface area contributed by atoms with Crippen LogP contribution in [0.25, 0.3) is 5.82 Å². The first-order valence-corrected chi connectivity index (χ1v) is 12.4. The van der Waals surface area contributed by atoms with Crippen molar-refractivity contribution in [1.82, 2.24) is 14.8 Å². The predicted octanol–water partition coefficient (Wildman–Crippen LogP) is 1.95. The lowest BCUT2D eigenvalue weighted by molar-refractivity contribution is 0.102. The average Bonchev–Trinajstić information content (AvgIpc) is 3.09. The fourth-order valence-electron chi connectivity index (χ4n) is 2.43. The molecule has 13 heteroatoms. The summed E-state index contributed by atoms with van der Waals surface area (Å²) in [5.74, 6) is -0.189. The Kier molecular flexibility index (Phi) is 5.83. The zero-order chi connectivity index (χ0) is 22.1. The molecule has 2 N–H and O–H groups in total. The van der Waals surface area contributed by atoms with Crippen LogP contribution in [0.5, 0.6) is 0 Å². The Morgan fingerprint density at radius 2 is 1.73 bits per heavy atom. The van der Waals surface area contributed by atoms with Gasteiger partial charge in [-0.2, -0.15) is 5.10 Å². The summed E-state index contributed by atoms with van der Waals surface area (Å²) < 4.78 is 49.4. The molecule has 3 aromatic rings. The maximum absolute atomic E-state index is 12.5. The van der Waals surface area contributed by atoms with Crippen LogP contribution in [0.15, 0.2) is 53.8 Å². The molecule has 2 heterocycles. The number of hydrogen-bond acceptors (Lipinski definition) is 7. The number of carbonyl (C=O) groups is 1. The van der Waals surface area contributed by atoms with Gasteiger partial charge in [-0.1, -0.05) is 11.6 Å². The van der Waals surface area contributed by atoms with E-state index in [4.69, 9.17) is 11.6 Å². The van der Waals surface area contributed by atoms with Crippen molar-refractivity contribution < 1.29 is 21.6 Å². The zero-order valence-electron chi connectivity index (χ0n) is 15.7. The molecular weight excluding hydrogens is 454 g/mol. The van der Waals surface area contributed by atoms with Crippen LogP contribution in [0.2, 0.25) is 5.02 Å². The van der Waals surface area contributed by atoms with Crippen molar-refractivity contribution in [3.05, 3.63) is 59.5 Å². The van der Waals surface area contributed by atoms with E-state index in [0.717, 1.165) is 12.5 Å². The molecule has 0 aliphatic carbocycles. The van der Waals surface area contributed by atoms with Gasteiger partial charge in [-0.3, -0.25) is 9.52 Å². The van der Waals surface area contributed by atoms with Gasteiger partial charge in [0.15, 0.2) is 15.7 Å². The molecule has 0 saturated carbocycles. The molecule has 30 heavy (non-hydrogen) atoms. The molecule has 0 aliphatic heterocycles. The number of aromatic nitrogens is 3. The molecule has 0 unspecified atom stereocenters. The predicted molar refractivity (Wildman–Crippen MR) is 112 cm³/mol. The number of sulfone groups is 1. The summed E-state index contributed by atoms with van der Waals surface area (Å²) in [6.07, 6.45) is 6.00. The SMILES string of the molecule is CS(=O)(=O)Nc1cc(Cl)cc(NC(=O)c2cnn(-c3ccc(S(C)(=O)=O)cn3)c2)c1. The highest BCUT2D eigenvalue weighted by Gasteiger charge is 2.13. The van der Waals surface area contributed by atoms with E-state index >= 15 is 0 Å². The van der Waals surface area contributed by atoms with Crippen LogP contribution in [-0.2, 0) is 19.9 Å². The minimum absolute atomic E-state index is 0.0656. The topological polar surface area (TPSA) is 140 Å². The highest BCUT2D eigenvalue weighted by atomic mass is 35.5. The summed E-state index contributed by atoms with van der Waals surface area (Å²) in [6.45, 7) is 0. The lowest BCUT2D eigenvalue weighted by Crippen LogP contribution is -2.13. The number of pyridine rings is 1. The van der Waals surface area contributed by atoms with Crippen LogP contribution >= 0.6 is 11.6 Å². The number of rotatable bonds is 6. The Labute approximate surface area is 177 Å². The molecule has 0 bridgehead atoms. The van der Waals surface area contributed by atoms with Gasteiger partial charge >= 0.3 is 0 Å². The van der Waals surface area contributed by atoms with Crippen LogP contribution in [0.1, 0.15) is 10.4 Å². The average molecular weight is 470 g/mol. The van der Waals surface area contributed by atoms with Crippen LogP contribution in [-0.4, -0.2) is 50.0 Å². The fraction of sp³-hybridized carbons (Fsp3) is 0.118. The number of benzene rings is 1. The fourth-order valence-corrected chi connectivity index (χ4v) is 3.77. The van der Waals surface area contributed by atoms with E-state index in [1.165, 1.54) is 53.6 Å². The Morgan fingerprint density at radius 1 is 1.03 bits per heavy atom. The van der Waals surface area contributed by atoms with Gasteiger partial charge in [0, 0.05) is 29.4 Å². The van der Waals surface area contributed by atoms with Crippen molar-refractivity contribution in [3.8, 4) is 5.82 Å². The maximum atomic E-state index is 12.5. The summed E-state index contributed by atoms with van der Waals surface area (Å²) >= 11 is 5.98. The number of anilines is 2. The zero-order valence-corrected chi connectivity index (χ0v) is 18.1. The third-order valence-corrected chi connectivity index (χ3v) is 5.61. The summed E-state index contributed by atoms with van der Waals surface area (Å²) in [5.41, 5.74) is 0.676. The second kappa shape index (κ2) is 8.05. The molecule has 0 saturated heterocycles. The van der Waals surface area contributed by atoms with Crippen LogP contribution in [0, 0.1) is 0 Å². The van der Waals surface area contributed by atoms with E-state index in [-0.39, 0.29) is 26.9 Å². The molecule has 0 aliphatic rings. The van der Waals surface area contributed by atoms with Crippen molar-refractivity contribution in [1.29, 1.82) is 0 Å². The summed E-state index contributed by atoms with van der Waals surface area (Å²) in [6, 6.07) is 7.14. The second-order valence-electron chi connectivity index (χ2n) is 6.35. The number of sulfonamides is 1. The summed E-state index contributed by atoms with van der Waals surface area (Å²) in [5, 5.41) is 6.89. The number of halogens is 1. The summed E-state index contributed by atoms with van der Waals surface area (Å²) in [7, 11) is -6.88. The smallest absolute Gasteiger partial charge is 0.258 e. The first kappa shape index (κ1) is 21.7. The number of carbonyl (C=O) groups excluding carboxylic acids is 1. The van der Waals surface area contributed by atoms with Gasteiger partial charge in [-0.05, 0) is 30.3 Å². The van der Waals surface area contributed by atoms with E-state index in [0.29, 0.717) is 5.82 Å². The number of nitrogens with one attached hydrogen (secondary N) is 2. The second-order valence-corrected chi connectivity index (χ2v) is 10.6. The molecule has 1 amide bonds. The molecular formula is C17H16ClN5O5S2. The first-order valence-electron chi connectivity index (χ1n) is 8.22. The van der Waals surface area contributed by atoms with E-state index in [2.05, 4.69) is 20.1 Å². The summed E-state index contributed by atoms with van der Waals surface area (Å²) in [4.78, 5) is 16.6. The Morgan fingerprint density at radius 3 is 2.33 bits per heavy atom. The Balaban J connectivity index is 1.79. The molecule has 0 radical (unpaired) electrons. The highest BCUT2D eigenvalue weighted by molar-refractivity contribution is 7.92. The van der Waals surface area contributed by atoms with Gasteiger partial charge < -0.3 is 5.32 Å². The van der Waals surface area contributed by atoms with Crippen molar-refractivity contribution in [2.24, 2.45) is 0 Å². The van der Waals surface area contributed by atoms with Crippen LogP contribution in [0.4, 0.5) is 11.4 Å². The normalized spacial score (nSPS) is 11.8. The first-order chi connectivity index (χ1) is 13.9. The van der Waals surface area contributed by atoms with E-state index < -0.39 is 25.8 Å². The van der Waals surface area contributed by atoms with Crippen molar-refractivity contribution in [3.63, 3.8) is 0 Å². The molecule has 0 fully saturated rings. The van der Waals surface area contributed by atoms with Gasteiger partial charge in [-0.15, -0.1) is 0 Å². The molecule has 0 spiro atoms. The molecule has 3 rings (SSSR count). The van der Waals surface area contributed by atoms with Gasteiger partial charge in [-0.25, -0.2) is 26.5 Å². The molecule has 0 atom stereocenters. The van der Waals surface area contributed by atoms with E-state index in [1.54, 1.807) is 0 Å². The van der Waals surface area contributed by atoms with Gasteiger partial charge in [0.2, 0.25) is 10.0 Å². The monoisotopic (exact) mass is 469 g/mol. The number of nitrogens with zero attached hydrogens (tertiary/aromatic N) is 3. The van der Waals surface area contributed by atoms with E-state index in [1.807, 2.05) is 0 Å². The maximum Gasteiger partial charge on any atom is 0.258 e. The molecule has 10 nitrogen and oxygen atoms in total. The third kappa shape index (κ3) is 5.55. The van der Waals surface area contributed by atoms with Crippen LogP contribution < -0.4 is 10.0 Å². The Bertz CT molecular complexity index is 1320. The molecule has 1 aromatic carbocycles. The lowest BCUT2D eigenvalue weighted by atomic mass is 10.2. The molecule has 2 aromatic heterocycles. The van der Waals surface area contributed by atoms with Gasteiger partial charge in [0.25, 0.3) is 5.91 Å². The largest absolute Gasteiger partial charge is 0.322 e. The Hall–Kier alpha value is -2.96. The standard InChI is InChI=1S/C17H16ClN5O5S2/c1-29(25,26)15-3-4-16(19-9-15)23-10-11(8-20-23)17(24)21-13-5-12(18)6-14(7-13)22-30(2,27)28/h3-10,22H,1-2H3,(H,21,24). The molecule has 158 valence electrons. The highest BCUT2D eigenvalue weighted by Crippen LogP contribution is 2.24. The number of hydrogen-bond donors (Lipinski definition) is 2. The minimum atomic E-state index is -3.51. The van der Waals surface area contributed by atoms with Crippen molar-refractivity contribution in [2.45, 2.75) is 4.90 Å². The number of amides is 1. The third-order valence-electron chi connectivity index (χ3n) is 3.69. The van der Waals surface area contributed by atoms with Gasteiger partial charge in [0.1, 0.15) is 0 Å².